The third-order valence-electron chi connectivity index (χ3n) is 2.19. The van der Waals surface area contributed by atoms with Crippen LogP contribution in [0.15, 0.2) is 29.0 Å². The first-order chi connectivity index (χ1) is 5.93. The highest BCUT2D eigenvalue weighted by Gasteiger charge is 2.23. The Bertz CT molecular complexity index is 397. The largest absolute Gasteiger partial charge is 0.463 e. The molecule has 0 amide bonds. The second-order valence-corrected chi connectivity index (χ2v) is 3.09. The molecule has 12 heavy (non-hydrogen) atoms. The molecule has 3 heteroatoms. The number of hydrogen-bond donors (Lipinski definition) is 0. The van der Waals surface area contributed by atoms with Gasteiger partial charge in [-0.2, -0.15) is 0 Å². The zero-order valence-electron chi connectivity index (χ0n) is 6.56. The first-order valence-electron chi connectivity index (χ1n) is 4.07. The van der Waals surface area contributed by atoms with Gasteiger partial charge in [-0.05, 0) is 6.07 Å². The molecule has 0 saturated carbocycles. The lowest BCUT2D eigenvalue weighted by molar-refractivity contribution is 0.385. The Labute approximate surface area is 69.5 Å². The minimum Gasteiger partial charge on any atom is -0.463 e. The maximum atomic E-state index is 5.24. The maximum absolute atomic E-state index is 5.24. The minimum atomic E-state index is 0.426. The third kappa shape index (κ3) is 0.865. The Balaban J connectivity index is 2.04. The third-order valence-corrected chi connectivity index (χ3v) is 2.19. The molecule has 1 aliphatic rings. The minimum absolute atomic E-state index is 0.426. The van der Waals surface area contributed by atoms with Crippen molar-refractivity contribution in [2.75, 3.05) is 6.61 Å². The quantitative estimate of drug-likeness (QED) is 0.630. The standard InChI is InChI=1S/C9H9NO2/c1-3-10(5-7-6-12-7)8-2-4-11-9(1)8/h1-4,7H,5-6H2. The highest BCUT2D eigenvalue weighted by atomic mass is 16.6. The first kappa shape index (κ1) is 6.31. The second kappa shape index (κ2) is 2.14. The molecule has 2 aromatic rings. The molecular weight excluding hydrogens is 154 g/mol. The molecule has 3 heterocycles. The number of rotatable bonds is 2. The van der Waals surface area contributed by atoms with Gasteiger partial charge in [-0.3, -0.25) is 0 Å². The van der Waals surface area contributed by atoms with Crippen molar-refractivity contribution in [3.05, 3.63) is 24.6 Å². The van der Waals surface area contributed by atoms with E-state index >= 15 is 0 Å². The van der Waals surface area contributed by atoms with Gasteiger partial charge in [-0.25, -0.2) is 0 Å². The lowest BCUT2D eigenvalue weighted by Gasteiger charge is -1.97. The van der Waals surface area contributed by atoms with Crippen LogP contribution in [0.4, 0.5) is 0 Å². The summed E-state index contributed by atoms with van der Waals surface area (Å²) in [7, 11) is 0. The molecule has 0 aromatic carbocycles. The molecule has 0 bridgehead atoms. The molecule has 62 valence electrons. The molecule has 0 N–H and O–H groups in total. The number of hydrogen-bond acceptors (Lipinski definition) is 2. The molecule has 2 aromatic heterocycles. The van der Waals surface area contributed by atoms with Crippen molar-refractivity contribution in [2.24, 2.45) is 0 Å². The Kier molecular flexibility index (Phi) is 1.12. The fourth-order valence-electron chi connectivity index (χ4n) is 1.47. The molecule has 3 nitrogen and oxygen atoms in total. The Morgan fingerprint density at radius 2 is 2.42 bits per heavy atom. The number of fused-ring (bicyclic) bond motifs is 1. The van der Waals surface area contributed by atoms with E-state index in [0.717, 1.165) is 24.3 Å². The molecule has 1 atom stereocenters. The number of epoxide rings is 1. The van der Waals surface area contributed by atoms with Gasteiger partial charge in [0.1, 0.15) is 0 Å². The summed E-state index contributed by atoms with van der Waals surface area (Å²) in [6.45, 7) is 1.85. The molecule has 1 unspecified atom stereocenters. The van der Waals surface area contributed by atoms with Crippen LogP contribution in [0.5, 0.6) is 0 Å². The topological polar surface area (TPSA) is 30.6 Å². The van der Waals surface area contributed by atoms with Gasteiger partial charge >= 0.3 is 0 Å². The SMILES string of the molecule is c1cc2c(ccn2CC2CO2)o1. The van der Waals surface area contributed by atoms with Crippen molar-refractivity contribution < 1.29 is 9.15 Å². The van der Waals surface area contributed by atoms with Crippen LogP contribution in [0.1, 0.15) is 0 Å². The van der Waals surface area contributed by atoms with Crippen LogP contribution in [0.25, 0.3) is 11.1 Å². The molecule has 0 aliphatic carbocycles. The normalized spacial score (nSPS) is 21.8. The van der Waals surface area contributed by atoms with Gasteiger partial charge in [0.25, 0.3) is 0 Å². The van der Waals surface area contributed by atoms with E-state index in [1.807, 2.05) is 18.3 Å². The molecule has 1 aliphatic heterocycles. The van der Waals surface area contributed by atoms with Gasteiger partial charge in [0.05, 0.1) is 31.0 Å². The van der Waals surface area contributed by atoms with Crippen LogP contribution in [0, 0.1) is 0 Å². The lowest BCUT2D eigenvalue weighted by atomic mass is 10.4. The van der Waals surface area contributed by atoms with Crippen molar-refractivity contribution in [2.45, 2.75) is 12.6 Å². The van der Waals surface area contributed by atoms with Crippen LogP contribution < -0.4 is 0 Å². The second-order valence-electron chi connectivity index (χ2n) is 3.09. The van der Waals surface area contributed by atoms with Crippen molar-refractivity contribution in [1.82, 2.24) is 4.57 Å². The average Bonchev–Trinajstić information content (AvgIpc) is 2.63. The lowest BCUT2D eigenvalue weighted by Crippen LogP contribution is -2.01. The average molecular weight is 163 g/mol. The molecule has 1 fully saturated rings. The van der Waals surface area contributed by atoms with Crippen molar-refractivity contribution in [3.63, 3.8) is 0 Å². The monoisotopic (exact) mass is 163 g/mol. The van der Waals surface area contributed by atoms with Crippen LogP contribution in [-0.2, 0) is 11.3 Å². The van der Waals surface area contributed by atoms with E-state index in [4.69, 9.17) is 9.15 Å². The highest BCUT2D eigenvalue weighted by Crippen LogP contribution is 2.20. The molecule has 0 spiro atoms. The summed E-state index contributed by atoms with van der Waals surface area (Å²) in [5, 5.41) is 0. The van der Waals surface area contributed by atoms with E-state index in [2.05, 4.69) is 4.57 Å². The van der Waals surface area contributed by atoms with Crippen LogP contribution >= 0.6 is 0 Å². The molecular formula is C9H9NO2. The van der Waals surface area contributed by atoms with Crippen molar-refractivity contribution in [1.29, 1.82) is 0 Å². The van der Waals surface area contributed by atoms with E-state index < -0.39 is 0 Å². The Morgan fingerprint density at radius 1 is 1.50 bits per heavy atom. The van der Waals surface area contributed by atoms with Gasteiger partial charge in [-0.15, -0.1) is 0 Å². The van der Waals surface area contributed by atoms with Gasteiger partial charge < -0.3 is 13.7 Å². The predicted octanol–water partition coefficient (Wildman–Crippen LogP) is 1.63. The first-order valence-corrected chi connectivity index (χ1v) is 4.07. The van der Waals surface area contributed by atoms with E-state index in [-0.39, 0.29) is 0 Å². The van der Waals surface area contributed by atoms with Gasteiger partial charge in [0.15, 0.2) is 5.58 Å². The van der Waals surface area contributed by atoms with Crippen molar-refractivity contribution in [3.8, 4) is 0 Å². The highest BCUT2D eigenvalue weighted by molar-refractivity contribution is 5.73. The predicted molar refractivity (Wildman–Crippen MR) is 43.9 cm³/mol. The van der Waals surface area contributed by atoms with E-state index in [9.17, 15) is 0 Å². The number of furan rings is 1. The van der Waals surface area contributed by atoms with E-state index in [1.54, 1.807) is 6.26 Å². The van der Waals surface area contributed by atoms with Gasteiger partial charge in [0.2, 0.25) is 0 Å². The molecule has 1 saturated heterocycles. The van der Waals surface area contributed by atoms with Gasteiger partial charge in [-0.1, -0.05) is 0 Å². The van der Waals surface area contributed by atoms with Crippen LogP contribution in [0.3, 0.4) is 0 Å². The Hall–Kier alpha value is -1.22. The summed E-state index contributed by atoms with van der Waals surface area (Å²) in [5.41, 5.74) is 2.11. The fraction of sp³-hybridized carbons (Fsp3) is 0.333. The molecule has 0 radical (unpaired) electrons. The summed E-state index contributed by atoms with van der Waals surface area (Å²) < 4.78 is 12.6. The molecule has 3 rings (SSSR count). The summed E-state index contributed by atoms with van der Waals surface area (Å²) in [4.78, 5) is 0. The van der Waals surface area contributed by atoms with E-state index in [0.29, 0.717) is 6.10 Å². The van der Waals surface area contributed by atoms with Crippen molar-refractivity contribution >= 4 is 11.1 Å². The number of ether oxygens (including phenoxy) is 1. The zero-order chi connectivity index (χ0) is 7.97. The Morgan fingerprint density at radius 3 is 3.25 bits per heavy atom. The van der Waals surface area contributed by atoms with Gasteiger partial charge in [0, 0.05) is 12.3 Å². The summed E-state index contributed by atoms with van der Waals surface area (Å²) in [6.07, 6.45) is 4.18. The summed E-state index contributed by atoms with van der Waals surface area (Å²) >= 11 is 0. The number of nitrogens with zero attached hydrogens (tertiary/aromatic N) is 1. The van der Waals surface area contributed by atoms with E-state index in [1.165, 1.54) is 0 Å². The smallest absolute Gasteiger partial charge is 0.151 e. The zero-order valence-corrected chi connectivity index (χ0v) is 6.56. The maximum Gasteiger partial charge on any atom is 0.151 e. The summed E-state index contributed by atoms with van der Waals surface area (Å²) in [5.74, 6) is 0. The summed E-state index contributed by atoms with van der Waals surface area (Å²) in [6, 6.07) is 3.97. The number of aromatic nitrogens is 1. The fourth-order valence-corrected chi connectivity index (χ4v) is 1.47. The van der Waals surface area contributed by atoms with Crippen LogP contribution in [-0.4, -0.2) is 17.3 Å². The van der Waals surface area contributed by atoms with Crippen LogP contribution in [0.2, 0.25) is 0 Å².